The number of hydrogen-bond donors (Lipinski definition) is 0. The Bertz CT molecular complexity index is 409. The Morgan fingerprint density at radius 1 is 0.708 bits per heavy atom. The zero-order valence-electron chi connectivity index (χ0n) is 16.0. The first-order valence-corrected chi connectivity index (χ1v) is 10.2. The van der Waals surface area contributed by atoms with Crippen molar-refractivity contribution in [3.63, 3.8) is 0 Å². The molecule has 0 amide bonds. The van der Waals surface area contributed by atoms with Gasteiger partial charge in [0, 0.05) is 11.8 Å². The van der Waals surface area contributed by atoms with Crippen molar-refractivity contribution in [1.82, 2.24) is 0 Å². The van der Waals surface area contributed by atoms with E-state index >= 15 is 0 Å². The summed E-state index contributed by atoms with van der Waals surface area (Å²) in [6.45, 7) is 8.48. The molecule has 24 heavy (non-hydrogen) atoms. The second-order valence-electron chi connectivity index (χ2n) is 8.00. The molecule has 0 aliphatic heterocycles. The fourth-order valence-electron chi connectivity index (χ4n) is 4.55. The van der Waals surface area contributed by atoms with Crippen LogP contribution >= 0.6 is 0 Å². The van der Waals surface area contributed by atoms with E-state index in [1.807, 2.05) is 13.8 Å². The molecule has 0 nitrogen and oxygen atoms in total. The molecule has 3 aliphatic carbocycles. The molecular formula is C22H36F2. The minimum Gasteiger partial charge on any atom is -0.244 e. The summed E-state index contributed by atoms with van der Waals surface area (Å²) in [5.41, 5.74) is 2.41. The maximum atomic E-state index is 14.8. The van der Waals surface area contributed by atoms with Gasteiger partial charge in [0.05, 0.1) is 0 Å². The Morgan fingerprint density at radius 2 is 1.08 bits per heavy atom. The van der Waals surface area contributed by atoms with Crippen LogP contribution in [0.1, 0.15) is 79.1 Å². The van der Waals surface area contributed by atoms with Crippen LogP contribution in [0.4, 0.5) is 8.78 Å². The SMILES string of the molecule is CC.CC1CC=C(C2CCC(C3=CCC(C)CC3)C(F)C2F)CC1. The van der Waals surface area contributed by atoms with Crippen LogP contribution in [0.25, 0.3) is 0 Å². The Hall–Kier alpha value is -0.660. The number of hydrogen-bond acceptors (Lipinski definition) is 0. The van der Waals surface area contributed by atoms with E-state index < -0.39 is 12.3 Å². The van der Waals surface area contributed by atoms with Gasteiger partial charge in [-0.05, 0) is 63.2 Å². The van der Waals surface area contributed by atoms with Gasteiger partial charge in [-0.25, -0.2) is 8.78 Å². The summed E-state index contributed by atoms with van der Waals surface area (Å²) in [7, 11) is 0. The van der Waals surface area contributed by atoms with Crippen molar-refractivity contribution in [2.75, 3.05) is 0 Å². The van der Waals surface area contributed by atoms with E-state index in [1.165, 1.54) is 11.1 Å². The van der Waals surface area contributed by atoms with E-state index in [-0.39, 0.29) is 11.8 Å². The summed E-state index contributed by atoms with van der Waals surface area (Å²) in [6.07, 6.45) is 9.81. The van der Waals surface area contributed by atoms with E-state index in [2.05, 4.69) is 26.0 Å². The molecule has 2 heteroatoms. The Balaban J connectivity index is 0.00000100. The highest BCUT2D eigenvalue weighted by atomic mass is 19.2. The molecule has 0 spiro atoms. The van der Waals surface area contributed by atoms with Gasteiger partial charge < -0.3 is 0 Å². The van der Waals surface area contributed by atoms with Crippen LogP contribution in [-0.4, -0.2) is 12.3 Å². The Morgan fingerprint density at radius 3 is 1.38 bits per heavy atom. The monoisotopic (exact) mass is 338 g/mol. The quantitative estimate of drug-likeness (QED) is 0.467. The van der Waals surface area contributed by atoms with Gasteiger partial charge in [-0.1, -0.05) is 51.0 Å². The minimum atomic E-state index is -1.29. The standard InChI is InChI=1S/C20H30F2.C2H6/c1-13-3-7-15(8-4-13)17-11-12-18(20(22)19(17)21)16-9-5-14(2)6-10-16;1-2/h7,9,13-14,17-20H,3-6,8,10-12H2,1-2H3;1-2H3. The van der Waals surface area contributed by atoms with Crippen molar-refractivity contribution in [3.8, 4) is 0 Å². The summed E-state index contributed by atoms with van der Waals surface area (Å²) in [5.74, 6) is 1.10. The Kier molecular flexibility index (Phi) is 7.50. The molecule has 6 atom stereocenters. The second-order valence-corrected chi connectivity index (χ2v) is 8.00. The predicted octanol–water partition coefficient (Wildman–Crippen LogP) is 7.21. The molecule has 3 rings (SSSR count). The zero-order valence-corrected chi connectivity index (χ0v) is 16.0. The highest BCUT2D eigenvalue weighted by Gasteiger charge is 2.43. The van der Waals surface area contributed by atoms with Crippen molar-refractivity contribution >= 4 is 0 Å². The normalized spacial score (nSPS) is 40.1. The van der Waals surface area contributed by atoms with Crippen molar-refractivity contribution in [2.45, 2.75) is 91.4 Å². The predicted molar refractivity (Wildman–Crippen MR) is 99.6 cm³/mol. The van der Waals surface area contributed by atoms with E-state index in [0.717, 1.165) is 51.4 Å². The van der Waals surface area contributed by atoms with Crippen LogP contribution in [0, 0.1) is 23.7 Å². The maximum Gasteiger partial charge on any atom is 0.138 e. The van der Waals surface area contributed by atoms with Gasteiger partial charge in [-0.2, -0.15) is 0 Å². The molecule has 0 aromatic heterocycles. The molecule has 0 aromatic rings. The van der Waals surface area contributed by atoms with Crippen molar-refractivity contribution in [3.05, 3.63) is 23.3 Å². The molecule has 3 aliphatic rings. The van der Waals surface area contributed by atoms with Gasteiger partial charge in [0.15, 0.2) is 0 Å². The molecule has 0 heterocycles. The lowest BCUT2D eigenvalue weighted by molar-refractivity contribution is 0.0451. The molecule has 1 fully saturated rings. The first kappa shape index (κ1) is 19.7. The molecule has 0 radical (unpaired) electrons. The topological polar surface area (TPSA) is 0 Å². The third-order valence-corrected chi connectivity index (χ3v) is 6.23. The zero-order chi connectivity index (χ0) is 17.7. The second kappa shape index (κ2) is 9.15. The molecule has 6 unspecified atom stereocenters. The van der Waals surface area contributed by atoms with Crippen LogP contribution in [0.2, 0.25) is 0 Å². The molecule has 0 saturated heterocycles. The van der Waals surface area contributed by atoms with E-state index in [0.29, 0.717) is 11.8 Å². The van der Waals surface area contributed by atoms with E-state index in [4.69, 9.17) is 0 Å². The smallest absolute Gasteiger partial charge is 0.138 e. The van der Waals surface area contributed by atoms with Gasteiger partial charge in [0.1, 0.15) is 12.3 Å². The average molecular weight is 339 g/mol. The summed E-state index contributed by atoms with van der Waals surface area (Å²) in [4.78, 5) is 0. The summed E-state index contributed by atoms with van der Waals surface area (Å²) >= 11 is 0. The van der Waals surface area contributed by atoms with Crippen LogP contribution < -0.4 is 0 Å². The number of alkyl halides is 2. The summed E-state index contributed by atoms with van der Waals surface area (Å²) in [5, 5.41) is 0. The lowest BCUT2D eigenvalue weighted by Gasteiger charge is -2.39. The number of halogens is 2. The number of allylic oxidation sites excluding steroid dienone is 4. The third-order valence-electron chi connectivity index (χ3n) is 6.23. The largest absolute Gasteiger partial charge is 0.244 e. The molecule has 0 N–H and O–H groups in total. The lowest BCUT2D eigenvalue weighted by atomic mass is 9.69. The van der Waals surface area contributed by atoms with Gasteiger partial charge in [-0.15, -0.1) is 0 Å². The van der Waals surface area contributed by atoms with Crippen molar-refractivity contribution in [1.29, 1.82) is 0 Å². The van der Waals surface area contributed by atoms with E-state index in [9.17, 15) is 8.78 Å². The first-order chi connectivity index (χ1) is 11.6. The number of rotatable bonds is 2. The third kappa shape index (κ3) is 4.49. The molecule has 138 valence electrons. The molecule has 0 bridgehead atoms. The van der Waals surface area contributed by atoms with Gasteiger partial charge in [0.2, 0.25) is 0 Å². The van der Waals surface area contributed by atoms with Crippen LogP contribution in [-0.2, 0) is 0 Å². The van der Waals surface area contributed by atoms with Crippen LogP contribution in [0.15, 0.2) is 23.3 Å². The van der Waals surface area contributed by atoms with Gasteiger partial charge in [0.25, 0.3) is 0 Å². The van der Waals surface area contributed by atoms with Crippen molar-refractivity contribution < 1.29 is 8.78 Å². The van der Waals surface area contributed by atoms with Crippen LogP contribution in [0.3, 0.4) is 0 Å². The highest BCUT2D eigenvalue weighted by molar-refractivity contribution is 5.19. The maximum absolute atomic E-state index is 14.8. The molecule has 0 aromatic carbocycles. The minimum absolute atomic E-state index is 0.151. The molecule has 1 saturated carbocycles. The first-order valence-electron chi connectivity index (χ1n) is 10.2. The van der Waals surface area contributed by atoms with E-state index in [1.54, 1.807) is 0 Å². The Labute approximate surface area is 147 Å². The van der Waals surface area contributed by atoms with Crippen molar-refractivity contribution in [2.24, 2.45) is 23.7 Å². The summed E-state index contributed by atoms with van der Waals surface area (Å²) < 4.78 is 29.5. The van der Waals surface area contributed by atoms with Gasteiger partial charge >= 0.3 is 0 Å². The average Bonchev–Trinajstić information content (AvgIpc) is 2.61. The van der Waals surface area contributed by atoms with Gasteiger partial charge in [-0.3, -0.25) is 0 Å². The summed E-state index contributed by atoms with van der Waals surface area (Å²) in [6, 6.07) is 0. The molecular weight excluding hydrogens is 302 g/mol. The lowest BCUT2D eigenvalue weighted by Crippen LogP contribution is -2.40. The fourth-order valence-corrected chi connectivity index (χ4v) is 4.55. The highest BCUT2D eigenvalue weighted by Crippen LogP contribution is 2.45. The fraction of sp³-hybridized carbons (Fsp3) is 0.818. The van der Waals surface area contributed by atoms with Crippen LogP contribution in [0.5, 0.6) is 0 Å².